The summed E-state index contributed by atoms with van der Waals surface area (Å²) in [6, 6.07) is 0.367. The number of piperidine rings is 2. The SMILES string of the molecule is CCC(=O)N1CCCCC1C(=O)N1CCC(NCC2CC2)CC1.Cl. The van der Waals surface area contributed by atoms with E-state index in [1.165, 1.54) is 12.8 Å². The monoisotopic (exact) mass is 357 g/mol. The molecule has 5 nitrogen and oxygen atoms in total. The van der Waals surface area contributed by atoms with E-state index in [0.29, 0.717) is 12.5 Å². The number of amides is 2. The Balaban J connectivity index is 0.00000208. The third kappa shape index (κ3) is 4.85. The normalized spacial score (nSPS) is 25.3. The molecule has 2 aliphatic heterocycles. The first kappa shape index (κ1) is 19.5. The van der Waals surface area contributed by atoms with Crippen molar-refractivity contribution in [3.8, 4) is 0 Å². The maximum absolute atomic E-state index is 12.9. The summed E-state index contributed by atoms with van der Waals surface area (Å²) in [6.07, 6.45) is 8.29. The molecule has 3 fully saturated rings. The highest BCUT2D eigenvalue weighted by atomic mass is 35.5. The van der Waals surface area contributed by atoms with E-state index in [-0.39, 0.29) is 30.3 Å². The van der Waals surface area contributed by atoms with Crippen LogP contribution in [-0.4, -0.2) is 59.9 Å². The molecule has 24 heavy (non-hydrogen) atoms. The first-order valence-corrected chi connectivity index (χ1v) is 9.50. The van der Waals surface area contributed by atoms with E-state index in [9.17, 15) is 9.59 Å². The molecule has 3 aliphatic rings. The molecular formula is C18H32ClN3O2. The van der Waals surface area contributed by atoms with Gasteiger partial charge in [-0.25, -0.2) is 0 Å². The van der Waals surface area contributed by atoms with Gasteiger partial charge in [-0.2, -0.15) is 0 Å². The zero-order valence-electron chi connectivity index (χ0n) is 14.8. The van der Waals surface area contributed by atoms with Crippen LogP contribution in [0.2, 0.25) is 0 Å². The van der Waals surface area contributed by atoms with Crippen molar-refractivity contribution in [3.05, 3.63) is 0 Å². The van der Waals surface area contributed by atoms with Crippen molar-refractivity contribution in [1.82, 2.24) is 15.1 Å². The minimum atomic E-state index is -0.202. The Labute approximate surface area is 151 Å². The molecule has 0 radical (unpaired) electrons. The minimum Gasteiger partial charge on any atom is -0.341 e. The van der Waals surface area contributed by atoms with Gasteiger partial charge in [0.05, 0.1) is 0 Å². The molecule has 0 bridgehead atoms. The van der Waals surface area contributed by atoms with Crippen LogP contribution in [0.15, 0.2) is 0 Å². The van der Waals surface area contributed by atoms with Crippen molar-refractivity contribution in [3.63, 3.8) is 0 Å². The fourth-order valence-corrected chi connectivity index (χ4v) is 3.86. The van der Waals surface area contributed by atoms with Crippen molar-refractivity contribution in [2.75, 3.05) is 26.2 Å². The highest BCUT2D eigenvalue weighted by Gasteiger charge is 2.35. The fraction of sp³-hybridized carbons (Fsp3) is 0.889. The van der Waals surface area contributed by atoms with Gasteiger partial charge in [0.25, 0.3) is 0 Å². The van der Waals surface area contributed by atoms with Crippen molar-refractivity contribution >= 4 is 24.2 Å². The molecule has 1 unspecified atom stereocenters. The van der Waals surface area contributed by atoms with Crippen molar-refractivity contribution < 1.29 is 9.59 Å². The second-order valence-electron chi connectivity index (χ2n) is 7.40. The number of halogens is 1. The summed E-state index contributed by atoms with van der Waals surface area (Å²) in [5.41, 5.74) is 0. The summed E-state index contributed by atoms with van der Waals surface area (Å²) in [4.78, 5) is 28.8. The lowest BCUT2D eigenvalue weighted by Crippen LogP contribution is -2.55. The molecule has 2 saturated heterocycles. The smallest absolute Gasteiger partial charge is 0.245 e. The predicted octanol–water partition coefficient (Wildman–Crippen LogP) is 2.19. The molecule has 1 saturated carbocycles. The molecule has 0 aromatic heterocycles. The third-order valence-electron chi connectivity index (χ3n) is 5.61. The van der Waals surface area contributed by atoms with Crippen molar-refractivity contribution in [2.24, 2.45) is 5.92 Å². The van der Waals surface area contributed by atoms with E-state index in [0.717, 1.165) is 64.2 Å². The summed E-state index contributed by atoms with van der Waals surface area (Å²) in [5.74, 6) is 1.22. The first-order valence-electron chi connectivity index (χ1n) is 9.50. The van der Waals surface area contributed by atoms with Crippen LogP contribution in [-0.2, 0) is 9.59 Å². The van der Waals surface area contributed by atoms with Crippen LogP contribution in [0.1, 0.15) is 58.3 Å². The van der Waals surface area contributed by atoms with Gasteiger partial charge in [-0.3, -0.25) is 9.59 Å². The first-order chi connectivity index (χ1) is 11.2. The lowest BCUT2D eigenvalue weighted by molar-refractivity contribution is -0.148. The Morgan fingerprint density at radius 3 is 2.33 bits per heavy atom. The van der Waals surface area contributed by atoms with Crippen LogP contribution in [0.4, 0.5) is 0 Å². The third-order valence-corrected chi connectivity index (χ3v) is 5.61. The van der Waals surface area contributed by atoms with Gasteiger partial charge in [0.2, 0.25) is 11.8 Å². The lowest BCUT2D eigenvalue weighted by atomic mass is 9.98. The number of hydrogen-bond donors (Lipinski definition) is 1. The van der Waals surface area contributed by atoms with E-state index in [4.69, 9.17) is 0 Å². The van der Waals surface area contributed by atoms with E-state index < -0.39 is 0 Å². The summed E-state index contributed by atoms with van der Waals surface area (Å²) in [6.45, 7) is 5.47. The van der Waals surface area contributed by atoms with E-state index in [1.807, 2.05) is 16.7 Å². The molecule has 0 spiro atoms. The quantitative estimate of drug-likeness (QED) is 0.820. The maximum atomic E-state index is 12.9. The Kier molecular flexibility index (Phi) is 7.35. The summed E-state index contributed by atoms with van der Waals surface area (Å²) in [5, 5.41) is 3.66. The van der Waals surface area contributed by atoms with Crippen LogP contribution >= 0.6 is 12.4 Å². The molecule has 0 aromatic rings. The molecule has 1 N–H and O–H groups in total. The van der Waals surface area contributed by atoms with Gasteiger partial charge in [0.1, 0.15) is 6.04 Å². The van der Waals surface area contributed by atoms with Gasteiger partial charge in [-0.15, -0.1) is 12.4 Å². The van der Waals surface area contributed by atoms with Gasteiger partial charge in [-0.05, 0) is 57.4 Å². The van der Waals surface area contributed by atoms with Crippen LogP contribution in [0.3, 0.4) is 0 Å². The standard InChI is InChI=1S/C18H31N3O2.ClH/c1-2-17(22)21-10-4-3-5-16(21)18(23)20-11-8-15(9-12-20)19-13-14-6-7-14;/h14-16,19H,2-13H2,1H3;1H. The second kappa shape index (κ2) is 9.04. The second-order valence-corrected chi connectivity index (χ2v) is 7.40. The fourth-order valence-electron chi connectivity index (χ4n) is 3.86. The zero-order valence-corrected chi connectivity index (χ0v) is 15.7. The molecule has 138 valence electrons. The number of carbonyl (C=O) groups is 2. The molecule has 3 rings (SSSR count). The minimum absolute atomic E-state index is 0. The maximum Gasteiger partial charge on any atom is 0.245 e. The number of likely N-dealkylation sites (tertiary alicyclic amines) is 2. The summed E-state index contributed by atoms with van der Waals surface area (Å²) >= 11 is 0. The predicted molar refractivity (Wildman–Crippen MR) is 97.2 cm³/mol. The molecule has 2 heterocycles. The number of nitrogens with zero attached hydrogens (tertiary/aromatic N) is 2. The van der Waals surface area contributed by atoms with Gasteiger partial charge in [-0.1, -0.05) is 6.92 Å². The van der Waals surface area contributed by atoms with E-state index in [2.05, 4.69) is 5.32 Å². The number of hydrogen-bond acceptors (Lipinski definition) is 3. The Morgan fingerprint density at radius 1 is 1.00 bits per heavy atom. The van der Waals surface area contributed by atoms with Crippen LogP contribution < -0.4 is 5.32 Å². The highest BCUT2D eigenvalue weighted by molar-refractivity contribution is 5.88. The average Bonchev–Trinajstić information content (AvgIpc) is 3.43. The Hall–Kier alpha value is -0.810. The van der Waals surface area contributed by atoms with Crippen LogP contribution in [0.25, 0.3) is 0 Å². The van der Waals surface area contributed by atoms with Gasteiger partial charge in [0.15, 0.2) is 0 Å². The molecule has 2 amide bonds. The highest BCUT2D eigenvalue weighted by Crippen LogP contribution is 2.28. The molecule has 0 aromatic carbocycles. The number of carbonyl (C=O) groups excluding carboxylic acids is 2. The van der Waals surface area contributed by atoms with Gasteiger partial charge in [0, 0.05) is 32.1 Å². The molecule has 1 aliphatic carbocycles. The van der Waals surface area contributed by atoms with Gasteiger partial charge >= 0.3 is 0 Å². The zero-order chi connectivity index (χ0) is 16.2. The summed E-state index contributed by atoms with van der Waals surface area (Å²) < 4.78 is 0. The number of nitrogens with one attached hydrogen (secondary N) is 1. The molecule has 1 atom stereocenters. The van der Waals surface area contributed by atoms with Crippen molar-refractivity contribution in [2.45, 2.75) is 70.4 Å². The lowest BCUT2D eigenvalue weighted by Gasteiger charge is -2.40. The number of rotatable bonds is 5. The Morgan fingerprint density at radius 2 is 1.71 bits per heavy atom. The molecule has 6 heteroatoms. The van der Waals surface area contributed by atoms with E-state index in [1.54, 1.807) is 0 Å². The topological polar surface area (TPSA) is 52.7 Å². The van der Waals surface area contributed by atoms with E-state index >= 15 is 0 Å². The summed E-state index contributed by atoms with van der Waals surface area (Å²) in [7, 11) is 0. The van der Waals surface area contributed by atoms with Crippen LogP contribution in [0, 0.1) is 5.92 Å². The molecular weight excluding hydrogens is 326 g/mol. The Bertz CT molecular complexity index is 434. The van der Waals surface area contributed by atoms with Gasteiger partial charge < -0.3 is 15.1 Å². The van der Waals surface area contributed by atoms with Crippen molar-refractivity contribution in [1.29, 1.82) is 0 Å². The average molecular weight is 358 g/mol. The van der Waals surface area contributed by atoms with Crippen LogP contribution in [0.5, 0.6) is 0 Å². The largest absolute Gasteiger partial charge is 0.341 e.